The van der Waals surface area contributed by atoms with Gasteiger partial charge in [-0.25, -0.2) is 14.3 Å². The van der Waals surface area contributed by atoms with Crippen LogP contribution in [-0.2, 0) is 6.42 Å². The summed E-state index contributed by atoms with van der Waals surface area (Å²) in [5.41, 5.74) is 1.26. The van der Waals surface area contributed by atoms with Crippen LogP contribution in [-0.4, -0.2) is 14.6 Å². The maximum atomic E-state index is 12.1. The number of benzene rings is 1. The van der Waals surface area contributed by atoms with Crippen molar-refractivity contribution in [2.24, 2.45) is 0 Å². The molecule has 6 heteroatoms. The van der Waals surface area contributed by atoms with E-state index in [0.717, 1.165) is 21.8 Å². The van der Waals surface area contributed by atoms with Gasteiger partial charge in [-0.1, -0.05) is 36.5 Å². The molecule has 1 aromatic carbocycles. The van der Waals surface area contributed by atoms with E-state index in [1.54, 1.807) is 16.8 Å². The lowest BCUT2D eigenvalue weighted by atomic mass is 10.1. The molecule has 104 valence electrons. The molecule has 21 heavy (non-hydrogen) atoms. The highest BCUT2D eigenvalue weighted by Gasteiger charge is 2.13. The highest BCUT2D eigenvalue weighted by atomic mass is 32.1. The second kappa shape index (κ2) is 4.53. The Hall–Kier alpha value is -2.47. The van der Waals surface area contributed by atoms with Gasteiger partial charge in [0.2, 0.25) is 4.96 Å². The van der Waals surface area contributed by atoms with E-state index in [1.165, 1.54) is 11.3 Å². The Bertz CT molecular complexity index is 981. The quantitative estimate of drug-likeness (QED) is 0.533. The second-order valence-corrected chi connectivity index (χ2v) is 5.73. The molecule has 5 nitrogen and oxygen atoms in total. The van der Waals surface area contributed by atoms with E-state index >= 15 is 0 Å². The van der Waals surface area contributed by atoms with Crippen LogP contribution in [0.25, 0.3) is 27.2 Å². The van der Waals surface area contributed by atoms with E-state index < -0.39 is 0 Å². The zero-order chi connectivity index (χ0) is 14.4. The SMILES string of the molecule is CCc1nn2cc(-c3cc4ccccc4oc3=O)nc2s1. The first-order chi connectivity index (χ1) is 10.2. The summed E-state index contributed by atoms with van der Waals surface area (Å²) in [5.74, 6) is 0. The van der Waals surface area contributed by atoms with Crippen molar-refractivity contribution in [1.82, 2.24) is 14.6 Å². The van der Waals surface area contributed by atoms with Gasteiger partial charge in [-0.3, -0.25) is 0 Å². The molecule has 0 unspecified atom stereocenters. The summed E-state index contributed by atoms with van der Waals surface area (Å²) in [6.07, 6.45) is 2.65. The Morgan fingerprint density at radius 1 is 1.33 bits per heavy atom. The Morgan fingerprint density at radius 2 is 2.19 bits per heavy atom. The van der Waals surface area contributed by atoms with Crippen LogP contribution in [0.3, 0.4) is 0 Å². The summed E-state index contributed by atoms with van der Waals surface area (Å²) in [7, 11) is 0. The van der Waals surface area contributed by atoms with Crippen LogP contribution in [0.5, 0.6) is 0 Å². The predicted molar refractivity (Wildman–Crippen MR) is 81.7 cm³/mol. The van der Waals surface area contributed by atoms with Crippen LogP contribution in [0, 0.1) is 0 Å². The summed E-state index contributed by atoms with van der Waals surface area (Å²) in [6.45, 7) is 2.05. The molecule has 0 aliphatic heterocycles. The van der Waals surface area contributed by atoms with E-state index in [0.29, 0.717) is 16.8 Å². The van der Waals surface area contributed by atoms with Crippen molar-refractivity contribution in [3.8, 4) is 11.3 Å². The Labute approximate surface area is 123 Å². The third-order valence-corrected chi connectivity index (χ3v) is 4.37. The van der Waals surface area contributed by atoms with Crippen LogP contribution >= 0.6 is 11.3 Å². The number of imidazole rings is 1. The first kappa shape index (κ1) is 12.3. The lowest BCUT2D eigenvalue weighted by Gasteiger charge is -1.98. The van der Waals surface area contributed by atoms with Crippen molar-refractivity contribution in [3.63, 3.8) is 0 Å². The van der Waals surface area contributed by atoms with Gasteiger partial charge >= 0.3 is 5.63 Å². The Kier molecular flexibility index (Phi) is 2.65. The number of nitrogens with zero attached hydrogens (tertiary/aromatic N) is 3. The number of hydrogen-bond donors (Lipinski definition) is 0. The van der Waals surface area contributed by atoms with Crippen LogP contribution < -0.4 is 5.63 Å². The zero-order valence-electron chi connectivity index (χ0n) is 11.2. The van der Waals surface area contributed by atoms with Crippen molar-refractivity contribution in [2.75, 3.05) is 0 Å². The first-order valence-electron chi connectivity index (χ1n) is 6.63. The molecule has 3 aromatic heterocycles. The third-order valence-electron chi connectivity index (χ3n) is 3.30. The first-order valence-corrected chi connectivity index (χ1v) is 7.44. The summed E-state index contributed by atoms with van der Waals surface area (Å²) in [5, 5.41) is 6.31. The van der Waals surface area contributed by atoms with Gasteiger partial charge in [-0.2, -0.15) is 5.10 Å². The van der Waals surface area contributed by atoms with Crippen molar-refractivity contribution in [2.45, 2.75) is 13.3 Å². The van der Waals surface area contributed by atoms with Gasteiger partial charge in [0.25, 0.3) is 0 Å². The van der Waals surface area contributed by atoms with Crippen molar-refractivity contribution in [3.05, 3.63) is 52.0 Å². The highest BCUT2D eigenvalue weighted by Crippen LogP contribution is 2.23. The molecule has 0 aliphatic carbocycles. The molecule has 0 saturated heterocycles. The average molecular weight is 297 g/mol. The van der Waals surface area contributed by atoms with Crippen LogP contribution in [0.2, 0.25) is 0 Å². The molecule has 0 amide bonds. The number of para-hydroxylation sites is 1. The molecule has 0 radical (unpaired) electrons. The Morgan fingerprint density at radius 3 is 3.00 bits per heavy atom. The van der Waals surface area contributed by atoms with Crippen LogP contribution in [0.1, 0.15) is 11.9 Å². The summed E-state index contributed by atoms with van der Waals surface area (Å²) in [4.78, 5) is 17.4. The molecule has 4 aromatic rings. The van der Waals surface area contributed by atoms with E-state index in [4.69, 9.17) is 4.42 Å². The fourth-order valence-corrected chi connectivity index (χ4v) is 3.07. The minimum atomic E-state index is -0.379. The summed E-state index contributed by atoms with van der Waals surface area (Å²) in [6, 6.07) is 9.25. The normalized spacial score (nSPS) is 11.5. The molecule has 0 atom stereocenters. The summed E-state index contributed by atoms with van der Waals surface area (Å²) >= 11 is 1.53. The van der Waals surface area contributed by atoms with E-state index in [1.807, 2.05) is 24.3 Å². The third kappa shape index (κ3) is 1.95. The zero-order valence-corrected chi connectivity index (χ0v) is 12.1. The molecule has 3 heterocycles. The fourth-order valence-electron chi connectivity index (χ4n) is 2.25. The maximum Gasteiger partial charge on any atom is 0.345 e. The largest absolute Gasteiger partial charge is 0.422 e. The van der Waals surface area contributed by atoms with E-state index in [2.05, 4.69) is 17.0 Å². The molecule has 4 rings (SSSR count). The Balaban J connectivity index is 1.92. The van der Waals surface area contributed by atoms with Crippen molar-refractivity contribution >= 4 is 27.3 Å². The molecule has 0 N–H and O–H groups in total. The van der Waals surface area contributed by atoms with Gasteiger partial charge in [0.15, 0.2) is 0 Å². The van der Waals surface area contributed by atoms with Gasteiger partial charge < -0.3 is 4.42 Å². The molecule has 0 bridgehead atoms. The van der Waals surface area contributed by atoms with Crippen LogP contribution in [0.4, 0.5) is 0 Å². The number of fused-ring (bicyclic) bond motifs is 2. The van der Waals surface area contributed by atoms with Gasteiger partial charge in [0.05, 0.1) is 17.5 Å². The average Bonchev–Trinajstić information content (AvgIpc) is 3.04. The smallest absolute Gasteiger partial charge is 0.345 e. The van der Waals surface area contributed by atoms with Gasteiger partial charge in [-0.05, 0) is 18.6 Å². The molecule has 0 fully saturated rings. The number of rotatable bonds is 2. The minimum Gasteiger partial charge on any atom is -0.422 e. The monoisotopic (exact) mass is 297 g/mol. The lowest BCUT2D eigenvalue weighted by molar-refractivity contribution is 0.563. The summed E-state index contributed by atoms with van der Waals surface area (Å²) < 4.78 is 7.06. The molecule has 0 saturated carbocycles. The number of hydrogen-bond acceptors (Lipinski definition) is 5. The fraction of sp³-hybridized carbons (Fsp3) is 0.133. The topological polar surface area (TPSA) is 60.4 Å². The standard InChI is InChI=1S/C15H11N3O2S/c1-2-13-17-18-8-11(16-15(18)21-13)10-7-9-5-3-4-6-12(9)20-14(10)19/h3-8H,2H2,1H3. The van der Waals surface area contributed by atoms with Gasteiger partial charge in [0, 0.05) is 5.39 Å². The van der Waals surface area contributed by atoms with Crippen molar-refractivity contribution < 1.29 is 4.42 Å². The lowest BCUT2D eigenvalue weighted by Crippen LogP contribution is -2.02. The molecule has 0 spiro atoms. The number of aryl methyl sites for hydroxylation is 1. The minimum absolute atomic E-state index is 0.379. The highest BCUT2D eigenvalue weighted by molar-refractivity contribution is 7.16. The van der Waals surface area contributed by atoms with Crippen LogP contribution in [0.15, 0.2) is 45.7 Å². The number of aromatic nitrogens is 3. The van der Waals surface area contributed by atoms with Gasteiger partial charge in [0.1, 0.15) is 10.6 Å². The van der Waals surface area contributed by atoms with Crippen molar-refractivity contribution in [1.29, 1.82) is 0 Å². The molecular formula is C15H11N3O2S. The second-order valence-electron chi connectivity index (χ2n) is 4.69. The van der Waals surface area contributed by atoms with E-state index in [-0.39, 0.29) is 5.63 Å². The van der Waals surface area contributed by atoms with E-state index in [9.17, 15) is 4.79 Å². The van der Waals surface area contributed by atoms with Gasteiger partial charge in [-0.15, -0.1) is 0 Å². The predicted octanol–water partition coefficient (Wildman–Crippen LogP) is 3.13. The molecule has 0 aliphatic rings. The molecular weight excluding hydrogens is 286 g/mol. The maximum absolute atomic E-state index is 12.1.